The van der Waals surface area contributed by atoms with Gasteiger partial charge in [-0.05, 0) is 49.7 Å². The summed E-state index contributed by atoms with van der Waals surface area (Å²) in [5, 5.41) is 5.01. The van der Waals surface area contributed by atoms with E-state index >= 15 is 0 Å². The Labute approximate surface area is 187 Å². The van der Waals surface area contributed by atoms with Crippen LogP contribution in [0.5, 0.6) is 0 Å². The van der Waals surface area contributed by atoms with Gasteiger partial charge in [0.25, 0.3) is 11.5 Å². The number of rotatable bonds is 6. The van der Waals surface area contributed by atoms with E-state index in [9.17, 15) is 9.59 Å². The summed E-state index contributed by atoms with van der Waals surface area (Å²) in [7, 11) is 0. The molecule has 4 rings (SSSR count). The van der Waals surface area contributed by atoms with Gasteiger partial charge in [0.1, 0.15) is 0 Å². The number of hydrazone groups is 1. The van der Waals surface area contributed by atoms with E-state index in [0.29, 0.717) is 16.1 Å². The number of nitrogens with zero attached hydrogens (tertiary/aromatic N) is 3. The molecule has 6 nitrogen and oxygen atoms in total. The zero-order valence-electron chi connectivity index (χ0n) is 17.0. The van der Waals surface area contributed by atoms with Crippen LogP contribution in [0, 0.1) is 13.8 Å². The Morgan fingerprint density at radius 1 is 1.13 bits per heavy atom. The number of aromatic nitrogens is 2. The fraction of sp³-hybridized carbons (Fsp3) is 0.130. The molecule has 0 bridgehead atoms. The van der Waals surface area contributed by atoms with Crippen molar-refractivity contribution in [3.05, 3.63) is 86.3 Å². The van der Waals surface area contributed by atoms with Gasteiger partial charge in [0.2, 0.25) is 0 Å². The molecule has 2 aromatic carbocycles. The van der Waals surface area contributed by atoms with Gasteiger partial charge in [0, 0.05) is 9.75 Å². The molecule has 1 N–H and O–H groups in total. The molecule has 1 amide bonds. The molecule has 8 heteroatoms. The van der Waals surface area contributed by atoms with E-state index in [-0.39, 0.29) is 17.2 Å². The number of aryl methyl sites for hydroxylation is 2. The van der Waals surface area contributed by atoms with Crippen molar-refractivity contribution in [3.63, 3.8) is 0 Å². The number of carbonyl (C=O) groups is 1. The lowest BCUT2D eigenvalue weighted by atomic mass is 10.2. The first-order chi connectivity index (χ1) is 15.0. The van der Waals surface area contributed by atoms with Crippen LogP contribution in [-0.4, -0.2) is 27.4 Å². The molecular formula is C23H20N4O2S2. The summed E-state index contributed by atoms with van der Waals surface area (Å²) in [6, 6.07) is 18.8. The third-order valence-corrected chi connectivity index (χ3v) is 6.45. The Bertz CT molecular complexity index is 1340. The van der Waals surface area contributed by atoms with E-state index in [1.807, 2.05) is 62.4 Å². The Morgan fingerprint density at radius 2 is 1.90 bits per heavy atom. The second kappa shape index (κ2) is 9.28. The van der Waals surface area contributed by atoms with Crippen molar-refractivity contribution in [2.24, 2.45) is 5.10 Å². The molecule has 2 aromatic heterocycles. The van der Waals surface area contributed by atoms with Crippen molar-refractivity contribution in [2.45, 2.75) is 19.0 Å². The number of thiophene rings is 1. The van der Waals surface area contributed by atoms with Gasteiger partial charge in [0.05, 0.1) is 28.6 Å². The van der Waals surface area contributed by atoms with Crippen LogP contribution in [0.3, 0.4) is 0 Å². The highest BCUT2D eigenvalue weighted by molar-refractivity contribution is 7.99. The van der Waals surface area contributed by atoms with E-state index in [1.165, 1.54) is 16.6 Å². The van der Waals surface area contributed by atoms with E-state index < -0.39 is 0 Å². The molecule has 156 valence electrons. The topological polar surface area (TPSA) is 76.3 Å². The summed E-state index contributed by atoms with van der Waals surface area (Å²) in [5.74, 6) is -0.189. The van der Waals surface area contributed by atoms with Crippen molar-refractivity contribution in [2.75, 3.05) is 5.75 Å². The normalized spacial score (nSPS) is 11.3. The second-order valence-electron chi connectivity index (χ2n) is 6.87. The Balaban J connectivity index is 1.60. The number of hydrogen-bond acceptors (Lipinski definition) is 6. The summed E-state index contributed by atoms with van der Waals surface area (Å²) in [5.41, 5.74) is 4.68. The second-order valence-corrected chi connectivity index (χ2v) is 9.13. The van der Waals surface area contributed by atoms with Crippen molar-refractivity contribution in [1.29, 1.82) is 0 Å². The van der Waals surface area contributed by atoms with E-state index in [1.54, 1.807) is 34.3 Å². The van der Waals surface area contributed by atoms with Gasteiger partial charge in [0.15, 0.2) is 5.16 Å². The van der Waals surface area contributed by atoms with Crippen LogP contribution < -0.4 is 11.0 Å². The molecular weight excluding hydrogens is 428 g/mol. The maximum absolute atomic E-state index is 13.3. The number of carbonyl (C=O) groups excluding carboxylic acids is 1. The predicted molar refractivity (Wildman–Crippen MR) is 128 cm³/mol. The highest BCUT2D eigenvalue weighted by atomic mass is 32.2. The van der Waals surface area contributed by atoms with Crippen molar-refractivity contribution in [3.8, 4) is 5.69 Å². The van der Waals surface area contributed by atoms with Crippen LogP contribution in [0.1, 0.15) is 15.3 Å². The van der Waals surface area contributed by atoms with Gasteiger partial charge in [-0.25, -0.2) is 10.4 Å². The molecule has 0 radical (unpaired) electrons. The number of nitrogens with one attached hydrogen (secondary N) is 1. The van der Waals surface area contributed by atoms with Gasteiger partial charge < -0.3 is 0 Å². The molecule has 0 atom stereocenters. The van der Waals surface area contributed by atoms with Crippen LogP contribution >= 0.6 is 23.1 Å². The molecule has 0 spiro atoms. The minimum Gasteiger partial charge on any atom is -0.272 e. The maximum atomic E-state index is 13.3. The number of para-hydroxylation sites is 2. The van der Waals surface area contributed by atoms with Gasteiger partial charge in [-0.3, -0.25) is 14.2 Å². The first-order valence-electron chi connectivity index (χ1n) is 9.62. The molecule has 0 saturated heterocycles. The van der Waals surface area contributed by atoms with Crippen LogP contribution in [-0.2, 0) is 4.79 Å². The van der Waals surface area contributed by atoms with Crippen LogP contribution in [0.25, 0.3) is 16.6 Å². The van der Waals surface area contributed by atoms with Crippen LogP contribution in [0.2, 0.25) is 0 Å². The summed E-state index contributed by atoms with van der Waals surface area (Å²) in [6.07, 6.45) is 1.62. The van der Waals surface area contributed by atoms with Crippen molar-refractivity contribution >= 4 is 46.1 Å². The lowest BCUT2D eigenvalue weighted by Crippen LogP contribution is -2.24. The molecule has 2 heterocycles. The number of fused-ring (bicyclic) bond motifs is 1. The largest absolute Gasteiger partial charge is 0.272 e. The highest BCUT2D eigenvalue weighted by Crippen LogP contribution is 2.23. The predicted octanol–water partition coefficient (Wildman–Crippen LogP) is 4.31. The molecule has 0 aliphatic rings. The number of benzene rings is 2. The zero-order chi connectivity index (χ0) is 21.8. The lowest BCUT2D eigenvalue weighted by molar-refractivity contribution is -0.118. The highest BCUT2D eigenvalue weighted by Gasteiger charge is 2.15. The van der Waals surface area contributed by atoms with Gasteiger partial charge in [-0.2, -0.15) is 5.10 Å². The SMILES string of the molecule is Cc1ccc(/C=N\NC(=O)CSc2nc3ccccc3c(=O)n2-c2ccccc2C)s1. The fourth-order valence-corrected chi connectivity index (χ4v) is 4.64. The third-order valence-electron chi connectivity index (χ3n) is 4.58. The van der Waals surface area contributed by atoms with Gasteiger partial charge in [-0.1, -0.05) is 42.1 Å². The van der Waals surface area contributed by atoms with Crippen molar-refractivity contribution in [1.82, 2.24) is 15.0 Å². The zero-order valence-corrected chi connectivity index (χ0v) is 18.7. The molecule has 0 aliphatic carbocycles. The fourth-order valence-electron chi connectivity index (χ4n) is 3.09. The number of amides is 1. The smallest absolute Gasteiger partial charge is 0.266 e. The average molecular weight is 449 g/mol. The Hall–Kier alpha value is -3.23. The molecule has 0 saturated carbocycles. The monoisotopic (exact) mass is 448 g/mol. The molecule has 0 unspecified atom stereocenters. The minimum absolute atomic E-state index is 0.0808. The maximum Gasteiger partial charge on any atom is 0.266 e. The summed E-state index contributed by atoms with van der Waals surface area (Å²) in [4.78, 5) is 32.4. The van der Waals surface area contributed by atoms with Crippen molar-refractivity contribution < 1.29 is 4.79 Å². The number of thioether (sulfide) groups is 1. The van der Waals surface area contributed by atoms with E-state index in [4.69, 9.17) is 0 Å². The van der Waals surface area contributed by atoms with Gasteiger partial charge in [-0.15, -0.1) is 11.3 Å². The Morgan fingerprint density at radius 3 is 2.68 bits per heavy atom. The molecule has 31 heavy (non-hydrogen) atoms. The average Bonchev–Trinajstić information content (AvgIpc) is 3.18. The standard InChI is InChI=1S/C23H20N4O2S2/c1-15-7-3-6-10-20(15)27-22(29)18-8-4-5-9-19(18)25-23(27)30-14-21(28)26-24-13-17-12-11-16(2)31-17/h3-13H,14H2,1-2H3,(H,26,28)/b24-13-. The first kappa shape index (κ1) is 21.0. The van der Waals surface area contributed by atoms with Gasteiger partial charge >= 0.3 is 0 Å². The third kappa shape index (κ3) is 4.76. The summed E-state index contributed by atoms with van der Waals surface area (Å²) in [6.45, 7) is 3.96. The van der Waals surface area contributed by atoms with E-state index in [2.05, 4.69) is 15.5 Å². The first-order valence-corrected chi connectivity index (χ1v) is 11.4. The van der Waals surface area contributed by atoms with Crippen LogP contribution in [0.4, 0.5) is 0 Å². The summed E-state index contributed by atoms with van der Waals surface area (Å²) >= 11 is 2.81. The Kier molecular flexibility index (Phi) is 6.29. The number of hydrogen-bond donors (Lipinski definition) is 1. The molecule has 4 aromatic rings. The van der Waals surface area contributed by atoms with E-state index in [0.717, 1.165) is 16.1 Å². The lowest BCUT2D eigenvalue weighted by Gasteiger charge is -2.14. The molecule has 0 aliphatic heterocycles. The minimum atomic E-state index is -0.270. The molecule has 0 fully saturated rings. The van der Waals surface area contributed by atoms with Crippen LogP contribution in [0.15, 0.2) is 75.7 Å². The summed E-state index contributed by atoms with van der Waals surface area (Å²) < 4.78 is 1.58. The quantitative estimate of drug-likeness (QED) is 0.206.